The van der Waals surface area contributed by atoms with Crippen LogP contribution in [-0.2, 0) is 11.2 Å². The molecule has 4 heteroatoms. The predicted octanol–water partition coefficient (Wildman–Crippen LogP) is 3.16. The molecule has 0 spiro atoms. The topological polar surface area (TPSA) is 55.6 Å². The molecule has 0 aliphatic rings. The third-order valence-corrected chi connectivity index (χ3v) is 3.58. The Hall–Kier alpha value is -2.33. The number of ether oxygens (including phenoxy) is 1. The van der Waals surface area contributed by atoms with Crippen LogP contribution in [0.4, 0.5) is 0 Å². The smallest absolute Gasteiger partial charge is 0.277 e. The first kappa shape index (κ1) is 17.0. The molecule has 0 radical (unpaired) electrons. The van der Waals surface area contributed by atoms with Gasteiger partial charge in [0.05, 0.1) is 0 Å². The van der Waals surface area contributed by atoms with Crippen LogP contribution in [0.1, 0.15) is 31.4 Å². The summed E-state index contributed by atoms with van der Waals surface area (Å²) < 4.78 is 5.68. The summed E-state index contributed by atoms with van der Waals surface area (Å²) in [6.45, 7) is 4.22. The fourth-order valence-corrected chi connectivity index (χ4v) is 2.36. The number of hydrazine groups is 1. The molecule has 2 aromatic carbocycles. The Labute approximate surface area is 137 Å². The van der Waals surface area contributed by atoms with Crippen LogP contribution in [0.2, 0.25) is 0 Å². The number of benzene rings is 2. The molecule has 1 unspecified atom stereocenters. The van der Waals surface area contributed by atoms with Crippen LogP contribution in [0.5, 0.6) is 5.75 Å². The van der Waals surface area contributed by atoms with Crippen molar-refractivity contribution >= 4 is 5.91 Å². The maximum absolute atomic E-state index is 12.0. The van der Waals surface area contributed by atoms with E-state index < -0.39 is 6.10 Å². The Bertz CT molecular complexity index is 611. The molecule has 2 aromatic rings. The summed E-state index contributed by atoms with van der Waals surface area (Å²) in [5, 5.41) is 1.22. The number of nitrogens with zero attached hydrogens (tertiary/aromatic N) is 1. The second-order valence-corrected chi connectivity index (χ2v) is 5.60. The van der Waals surface area contributed by atoms with Crippen molar-refractivity contribution in [2.24, 2.45) is 5.84 Å². The van der Waals surface area contributed by atoms with Crippen molar-refractivity contribution in [3.63, 3.8) is 0 Å². The SMILES string of the molecule is CCCN(N)C(=O)C(C)Oc1ccc(Cc2ccccc2)cc1. The quantitative estimate of drug-likeness (QED) is 0.485. The maximum atomic E-state index is 12.0. The number of rotatable bonds is 7. The van der Waals surface area contributed by atoms with Gasteiger partial charge in [-0.25, -0.2) is 5.84 Å². The van der Waals surface area contributed by atoms with Crippen molar-refractivity contribution in [2.45, 2.75) is 32.8 Å². The lowest BCUT2D eigenvalue weighted by molar-refractivity contribution is -0.138. The molecule has 0 saturated carbocycles. The molecule has 0 fully saturated rings. The van der Waals surface area contributed by atoms with Gasteiger partial charge in [-0.15, -0.1) is 0 Å². The van der Waals surface area contributed by atoms with Crippen molar-refractivity contribution in [1.82, 2.24) is 5.01 Å². The molecule has 2 N–H and O–H groups in total. The molecule has 0 bridgehead atoms. The van der Waals surface area contributed by atoms with Crippen LogP contribution in [0.15, 0.2) is 54.6 Å². The van der Waals surface area contributed by atoms with Crippen LogP contribution >= 0.6 is 0 Å². The van der Waals surface area contributed by atoms with E-state index in [2.05, 4.69) is 12.1 Å². The lowest BCUT2D eigenvalue weighted by Crippen LogP contribution is -2.45. The largest absolute Gasteiger partial charge is 0.481 e. The summed E-state index contributed by atoms with van der Waals surface area (Å²) in [6.07, 6.45) is 1.11. The summed E-state index contributed by atoms with van der Waals surface area (Å²) in [6, 6.07) is 18.1. The highest BCUT2D eigenvalue weighted by atomic mass is 16.5. The Kier molecular flexibility index (Phi) is 6.18. The van der Waals surface area contributed by atoms with E-state index >= 15 is 0 Å². The highest BCUT2D eigenvalue weighted by Crippen LogP contribution is 2.17. The summed E-state index contributed by atoms with van der Waals surface area (Å²) in [5.41, 5.74) is 2.47. The van der Waals surface area contributed by atoms with Crippen molar-refractivity contribution in [3.8, 4) is 5.75 Å². The van der Waals surface area contributed by atoms with Crippen LogP contribution in [0.25, 0.3) is 0 Å². The van der Waals surface area contributed by atoms with E-state index in [0.717, 1.165) is 12.8 Å². The van der Waals surface area contributed by atoms with E-state index in [9.17, 15) is 4.79 Å². The van der Waals surface area contributed by atoms with E-state index in [-0.39, 0.29) is 5.91 Å². The zero-order valence-corrected chi connectivity index (χ0v) is 13.7. The molecular weight excluding hydrogens is 288 g/mol. The molecule has 122 valence electrons. The highest BCUT2D eigenvalue weighted by molar-refractivity contribution is 5.80. The fraction of sp³-hybridized carbons (Fsp3) is 0.316. The van der Waals surface area contributed by atoms with Gasteiger partial charge in [-0.05, 0) is 43.0 Å². The van der Waals surface area contributed by atoms with Crippen LogP contribution in [0.3, 0.4) is 0 Å². The van der Waals surface area contributed by atoms with Crippen molar-refractivity contribution < 1.29 is 9.53 Å². The van der Waals surface area contributed by atoms with Crippen LogP contribution in [-0.4, -0.2) is 23.6 Å². The van der Waals surface area contributed by atoms with Gasteiger partial charge in [0.25, 0.3) is 5.91 Å². The minimum atomic E-state index is -0.591. The zero-order valence-electron chi connectivity index (χ0n) is 13.7. The second kappa shape index (κ2) is 8.34. The fourth-order valence-electron chi connectivity index (χ4n) is 2.36. The van der Waals surface area contributed by atoms with Gasteiger partial charge in [0.2, 0.25) is 0 Å². The first-order chi connectivity index (χ1) is 11.1. The molecule has 0 aromatic heterocycles. The summed E-state index contributed by atoms with van der Waals surface area (Å²) >= 11 is 0. The van der Waals surface area contributed by atoms with Gasteiger partial charge in [0, 0.05) is 6.54 Å². The number of nitrogens with two attached hydrogens (primary N) is 1. The number of amides is 1. The monoisotopic (exact) mass is 312 g/mol. The highest BCUT2D eigenvalue weighted by Gasteiger charge is 2.19. The molecular formula is C19H24N2O2. The molecule has 23 heavy (non-hydrogen) atoms. The van der Waals surface area contributed by atoms with E-state index in [1.54, 1.807) is 6.92 Å². The molecule has 2 rings (SSSR count). The van der Waals surface area contributed by atoms with Gasteiger partial charge < -0.3 is 4.74 Å². The van der Waals surface area contributed by atoms with Gasteiger partial charge in [-0.2, -0.15) is 0 Å². The minimum absolute atomic E-state index is 0.208. The van der Waals surface area contributed by atoms with E-state index in [1.807, 2.05) is 49.4 Å². The van der Waals surface area contributed by atoms with Crippen molar-refractivity contribution in [3.05, 3.63) is 65.7 Å². The average molecular weight is 312 g/mol. The van der Waals surface area contributed by atoms with Gasteiger partial charge >= 0.3 is 0 Å². The van der Waals surface area contributed by atoms with Gasteiger partial charge in [0.1, 0.15) is 5.75 Å². The third-order valence-electron chi connectivity index (χ3n) is 3.58. The lowest BCUT2D eigenvalue weighted by Gasteiger charge is -2.21. The van der Waals surface area contributed by atoms with E-state index in [0.29, 0.717) is 12.3 Å². The summed E-state index contributed by atoms with van der Waals surface area (Å²) in [5.74, 6) is 6.16. The van der Waals surface area contributed by atoms with Gasteiger partial charge in [-0.3, -0.25) is 9.80 Å². The van der Waals surface area contributed by atoms with Gasteiger partial charge in [0.15, 0.2) is 6.10 Å². The Morgan fingerprint density at radius 2 is 1.70 bits per heavy atom. The van der Waals surface area contributed by atoms with E-state index in [4.69, 9.17) is 10.6 Å². The number of hydrogen-bond acceptors (Lipinski definition) is 3. The maximum Gasteiger partial charge on any atom is 0.277 e. The van der Waals surface area contributed by atoms with Crippen LogP contribution in [0, 0.1) is 0 Å². The Morgan fingerprint density at radius 3 is 2.30 bits per heavy atom. The second-order valence-electron chi connectivity index (χ2n) is 5.60. The minimum Gasteiger partial charge on any atom is -0.481 e. The van der Waals surface area contributed by atoms with Gasteiger partial charge in [-0.1, -0.05) is 49.4 Å². The van der Waals surface area contributed by atoms with E-state index in [1.165, 1.54) is 16.1 Å². The molecule has 4 nitrogen and oxygen atoms in total. The standard InChI is InChI=1S/C19H24N2O2/c1-3-13-21(20)19(22)15(2)23-18-11-9-17(10-12-18)14-16-7-5-4-6-8-16/h4-12,15H,3,13-14,20H2,1-2H3. The predicted molar refractivity (Wildman–Crippen MR) is 92.0 cm³/mol. The molecule has 1 amide bonds. The average Bonchev–Trinajstić information content (AvgIpc) is 2.57. The molecule has 0 aliphatic heterocycles. The number of carbonyl (C=O) groups excluding carboxylic acids is 1. The summed E-state index contributed by atoms with van der Waals surface area (Å²) in [4.78, 5) is 12.0. The Morgan fingerprint density at radius 1 is 1.09 bits per heavy atom. The van der Waals surface area contributed by atoms with Crippen molar-refractivity contribution in [1.29, 1.82) is 0 Å². The molecule has 1 atom stereocenters. The molecule has 0 heterocycles. The van der Waals surface area contributed by atoms with Crippen molar-refractivity contribution in [2.75, 3.05) is 6.54 Å². The first-order valence-electron chi connectivity index (χ1n) is 7.95. The zero-order chi connectivity index (χ0) is 16.7. The Balaban J connectivity index is 1.93. The first-order valence-corrected chi connectivity index (χ1v) is 7.95. The van der Waals surface area contributed by atoms with Crippen LogP contribution < -0.4 is 10.6 Å². The number of hydrogen-bond donors (Lipinski definition) is 1. The lowest BCUT2D eigenvalue weighted by atomic mass is 10.1. The molecule has 0 aliphatic carbocycles. The summed E-state index contributed by atoms with van der Waals surface area (Å²) in [7, 11) is 0. The normalized spacial score (nSPS) is 11.8. The third kappa shape index (κ3) is 5.11. The number of carbonyl (C=O) groups is 1. The molecule has 0 saturated heterocycles.